The van der Waals surface area contributed by atoms with Gasteiger partial charge >= 0.3 is 0 Å². The van der Waals surface area contributed by atoms with Crippen LogP contribution >= 0.6 is 0 Å². The fraction of sp³-hybridized carbons (Fsp3) is 0.240. The summed E-state index contributed by atoms with van der Waals surface area (Å²) in [6.07, 6.45) is 5.35. The van der Waals surface area contributed by atoms with E-state index < -0.39 is 0 Å². The lowest BCUT2D eigenvalue weighted by molar-refractivity contribution is 0.190. The standard InChI is InChI=1S/C25H22FN5O3/c1-32-25-18-12-21(33-20(18)10-11-27-25)19-13-29-23-8-9-24(30-31(19)23)34-22(14-28-17-6-7-17)15-2-4-16(26)5-3-15/h2-5,8-13,17,22,28H,6-7,14H2,1H3/t22-/m0/s1. The van der Waals surface area contributed by atoms with Crippen LogP contribution in [-0.4, -0.2) is 39.3 Å². The van der Waals surface area contributed by atoms with Gasteiger partial charge in [0.15, 0.2) is 11.4 Å². The molecule has 5 aromatic rings. The second-order valence-electron chi connectivity index (χ2n) is 8.27. The van der Waals surface area contributed by atoms with Crippen molar-refractivity contribution in [1.82, 2.24) is 24.9 Å². The van der Waals surface area contributed by atoms with E-state index in [1.165, 1.54) is 12.1 Å². The van der Waals surface area contributed by atoms with Crippen LogP contribution in [0.15, 0.2) is 65.3 Å². The molecular weight excluding hydrogens is 437 g/mol. The first kappa shape index (κ1) is 20.6. The molecule has 4 aromatic heterocycles. The maximum absolute atomic E-state index is 13.5. The SMILES string of the molecule is COc1nccc2oc(-c3cnc4ccc(O[C@@H](CNC5CC5)c5ccc(F)cc5)nn34)cc12. The van der Waals surface area contributed by atoms with Crippen LogP contribution in [0.5, 0.6) is 11.8 Å². The summed E-state index contributed by atoms with van der Waals surface area (Å²) in [6.45, 7) is 0.600. The molecule has 0 spiro atoms. The van der Waals surface area contributed by atoms with E-state index in [4.69, 9.17) is 13.9 Å². The lowest BCUT2D eigenvalue weighted by atomic mass is 10.1. The molecule has 1 aromatic carbocycles. The topological polar surface area (TPSA) is 86.7 Å². The minimum Gasteiger partial charge on any atom is -0.480 e. The molecule has 1 fully saturated rings. The van der Waals surface area contributed by atoms with E-state index in [9.17, 15) is 4.39 Å². The quantitative estimate of drug-likeness (QED) is 0.364. The Morgan fingerprint density at radius 3 is 2.79 bits per heavy atom. The highest BCUT2D eigenvalue weighted by Crippen LogP contribution is 2.32. The molecule has 0 bridgehead atoms. The summed E-state index contributed by atoms with van der Waals surface area (Å²) < 4.78 is 32.8. The molecule has 9 heteroatoms. The third kappa shape index (κ3) is 3.94. The van der Waals surface area contributed by atoms with Crippen LogP contribution in [0.3, 0.4) is 0 Å². The summed E-state index contributed by atoms with van der Waals surface area (Å²) in [5, 5.41) is 8.93. The van der Waals surface area contributed by atoms with Crippen LogP contribution in [0.25, 0.3) is 28.1 Å². The molecule has 6 rings (SSSR count). The van der Waals surface area contributed by atoms with Crippen molar-refractivity contribution in [3.63, 3.8) is 0 Å². The second kappa shape index (κ2) is 8.42. The minimum absolute atomic E-state index is 0.280. The van der Waals surface area contributed by atoms with Gasteiger partial charge in [-0.15, -0.1) is 5.10 Å². The Bertz CT molecular complexity index is 1460. The van der Waals surface area contributed by atoms with Crippen molar-refractivity contribution in [1.29, 1.82) is 0 Å². The maximum Gasteiger partial charge on any atom is 0.232 e. The lowest BCUT2D eigenvalue weighted by Gasteiger charge is -2.19. The van der Waals surface area contributed by atoms with Gasteiger partial charge in [0.1, 0.15) is 23.2 Å². The molecule has 1 aliphatic rings. The molecule has 1 saturated carbocycles. The van der Waals surface area contributed by atoms with Crippen molar-refractivity contribution in [2.75, 3.05) is 13.7 Å². The largest absolute Gasteiger partial charge is 0.480 e. The average molecular weight is 459 g/mol. The summed E-state index contributed by atoms with van der Waals surface area (Å²) in [5.74, 6) is 1.22. The highest BCUT2D eigenvalue weighted by molar-refractivity contribution is 5.86. The summed E-state index contributed by atoms with van der Waals surface area (Å²) in [7, 11) is 1.57. The zero-order valence-electron chi connectivity index (χ0n) is 18.4. The smallest absolute Gasteiger partial charge is 0.232 e. The molecule has 1 aliphatic carbocycles. The molecule has 34 heavy (non-hydrogen) atoms. The van der Waals surface area contributed by atoms with Crippen LogP contribution in [0.4, 0.5) is 4.39 Å². The zero-order valence-corrected chi connectivity index (χ0v) is 18.4. The van der Waals surface area contributed by atoms with Gasteiger partial charge in [0, 0.05) is 30.9 Å². The first-order valence-electron chi connectivity index (χ1n) is 11.1. The summed E-state index contributed by atoms with van der Waals surface area (Å²) >= 11 is 0. The van der Waals surface area contributed by atoms with Crippen LogP contribution in [0.2, 0.25) is 0 Å². The van der Waals surface area contributed by atoms with E-state index in [1.807, 2.05) is 12.1 Å². The van der Waals surface area contributed by atoms with Crippen LogP contribution in [0.1, 0.15) is 24.5 Å². The number of ether oxygens (including phenoxy) is 2. The van der Waals surface area contributed by atoms with Crippen molar-refractivity contribution in [2.45, 2.75) is 25.0 Å². The number of hydrogen-bond acceptors (Lipinski definition) is 7. The number of halogens is 1. The fourth-order valence-electron chi connectivity index (χ4n) is 3.93. The van der Waals surface area contributed by atoms with Gasteiger partial charge in [-0.2, -0.15) is 0 Å². The monoisotopic (exact) mass is 459 g/mol. The Morgan fingerprint density at radius 2 is 2.00 bits per heavy atom. The molecule has 0 radical (unpaired) electrons. The third-order valence-corrected chi connectivity index (χ3v) is 5.87. The van der Waals surface area contributed by atoms with E-state index in [0.29, 0.717) is 47.0 Å². The van der Waals surface area contributed by atoms with Crippen LogP contribution in [-0.2, 0) is 0 Å². The number of benzene rings is 1. The van der Waals surface area contributed by atoms with Crippen molar-refractivity contribution in [2.24, 2.45) is 0 Å². The normalized spacial score (nSPS) is 14.5. The van der Waals surface area contributed by atoms with Crippen LogP contribution < -0.4 is 14.8 Å². The highest BCUT2D eigenvalue weighted by Gasteiger charge is 2.24. The molecule has 1 N–H and O–H groups in total. The maximum atomic E-state index is 13.5. The highest BCUT2D eigenvalue weighted by atomic mass is 19.1. The Hall–Kier alpha value is -3.98. The van der Waals surface area contributed by atoms with Crippen LogP contribution in [0, 0.1) is 5.82 Å². The van der Waals surface area contributed by atoms with Gasteiger partial charge in [0.05, 0.1) is 18.7 Å². The number of hydrogen-bond donors (Lipinski definition) is 1. The Labute approximate surface area is 194 Å². The molecule has 8 nitrogen and oxygen atoms in total. The van der Waals surface area contributed by atoms with E-state index in [0.717, 1.165) is 23.8 Å². The van der Waals surface area contributed by atoms with Gasteiger partial charge in [-0.05, 0) is 42.7 Å². The van der Waals surface area contributed by atoms with E-state index >= 15 is 0 Å². The van der Waals surface area contributed by atoms with Gasteiger partial charge in [0.2, 0.25) is 11.8 Å². The molecule has 4 heterocycles. The molecule has 0 saturated heterocycles. The number of nitrogens with one attached hydrogen (secondary N) is 1. The zero-order chi connectivity index (χ0) is 23.1. The summed E-state index contributed by atoms with van der Waals surface area (Å²) in [6, 6.07) is 14.2. The third-order valence-electron chi connectivity index (χ3n) is 5.87. The van der Waals surface area contributed by atoms with E-state index in [1.54, 1.807) is 48.3 Å². The summed E-state index contributed by atoms with van der Waals surface area (Å²) in [4.78, 5) is 8.68. The van der Waals surface area contributed by atoms with Crippen molar-refractivity contribution in [3.05, 3.63) is 72.3 Å². The molecule has 0 unspecified atom stereocenters. The molecule has 1 atom stereocenters. The van der Waals surface area contributed by atoms with Crippen molar-refractivity contribution >= 4 is 16.6 Å². The number of methoxy groups -OCH3 is 1. The van der Waals surface area contributed by atoms with Gasteiger partial charge in [-0.3, -0.25) is 0 Å². The van der Waals surface area contributed by atoms with E-state index in [-0.39, 0.29) is 11.9 Å². The summed E-state index contributed by atoms with van der Waals surface area (Å²) in [5.41, 5.74) is 2.86. The van der Waals surface area contributed by atoms with Gasteiger partial charge in [-0.25, -0.2) is 18.9 Å². The number of aromatic nitrogens is 4. The van der Waals surface area contributed by atoms with E-state index in [2.05, 4.69) is 20.4 Å². The fourth-order valence-corrected chi connectivity index (χ4v) is 3.93. The Morgan fingerprint density at radius 1 is 1.15 bits per heavy atom. The first-order chi connectivity index (χ1) is 16.7. The number of pyridine rings is 1. The second-order valence-corrected chi connectivity index (χ2v) is 8.27. The minimum atomic E-state index is -0.320. The first-order valence-corrected chi connectivity index (χ1v) is 11.1. The predicted octanol–water partition coefficient (Wildman–Crippen LogP) is 4.56. The Balaban J connectivity index is 1.34. The van der Waals surface area contributed by atoms with Gasteiger partial charge < -0.3 is 19.2 Å². The predicted molar refractivity (Wildman–Crippen MR) is 123 cm³/mol. The van der Waals surface area contributed by atoms with Gasteiger partial charge in [-0.1, -0.05) is 12.1 Å². The van der Waals surface area contributed by atoms with Gasteiger partial charge in [0.25, 0.3) is 0 Å². The average Bonchev–Trinajstić information content (AvgIpc) is 3.43. The van der Waals surface area contributed by atoms with Crippen molar-refractivity contribution < 1.29 is 18.3 Å². The number of nitrogens with zero attached hydrogens (tertiary/aromatic N) is 4. The lowest BCUT2D eigenvalue weighted by Crippen LogP contribution is -2.27. The number of imidazole rings is 1. The number of rotatable bonds is 8. The number of fused-ring (bicyclic) bond motifs is 2. The Kier molecular flexibility index (Phi) is 5.10. The molecule has 172 valence electrons. The molecule has 0 amide bonds. The number of furan rings is 1. The molecular formula is C25H22FN5O3. The molecule has 0 aliphatic heterocycles. The van der Waals surface area contributed by atoms with Crippen molar-refractivity contribution in [3.8, 4) is 23.2 Å².